The lowest BCUT2D eigenvalue weighted by atomic mass is 9.95. The highest BCUT2D eigenvalue weighted by Crippen LogP contribution is 2.19. The van der Waals surface area contributed by atoms with Crippen molar-refractivity contribution in [2.24, 2.45) is 0 Å². The second-order valence-corrected chi connectivity index (χ2v) is 4.61. The van der Waals surface area contributed by atoms with E-state index in [2.05, 4.69) is 6.92 Å². The Kier molecular flexibility index (Phi) is 6.06. The van der Waals surface area contributed by atoms with Gasteiger partial charge in [0.2, 0.25) is 0 Å². The molecule has 0 radical (unpaired) electrons. The van der Waals surface area contributed by atoms with E-state index in [4.69, 9.17) is 10.2 Å². The highest BCUT2D eigenvalue weighted by Gasteiger charge is 2.17. The van der Waals surface area contributed by atoms with E-state index >= 15 is 0 Å². The van der Waals surface area contributed by atoms with Gasteiger partial charge in [-0.05, 0) is 30.5 Å². The number of hydrogen-bond acceptors (Lipinski definition) is 2. The van der Waals surface area contributed by atoms with Crippen LogP contribution in [0.2, 0.25) is 0 Å². The Labute approximate surface area is 113 Å². The largest absolute Gasteiger partial charge is 0.478 e. The van der Waals surface area contributed by atoms with E-state index < -0.39 is 11.9 Å². The molecule has 0 saturated heterocycles. The summed E-state index contributed by atoms with van der Waals surface area (Å²) in [6.45, 7) is 2.13. The van der Waals surface area contributed by atoms with Crippen molar-refractivity contribution in [2.45, 2.75) is 45.4 Å². The molecule has 0 atom stereocenters. The lowest BCUT2D eigenvalue weighted by Crippen LogP contribution is -2.10. The Morgan fingerprint density at radius 3 is 1.95 bits per heavy atom. The van der Waals surface area contributed by atoms with Gasteiger partial charge in [0.25, 0.3) is 0 Å². The molecule has 0 aliphatic heterocycles. The van der Waals surface area contributed by atoms with Gasteiger partial charge in [-0.25, -0.2) is 9.59 Å². The second-order valence-electron chi connectivity index (χ2n) is 4.61. The summed E-state index contributed by atoms with van der Waals surface area (Å²) in [7, 11) is 0. The Balaban J connectivity index is 2.83. The minimum absolute atomic E-state index is 0.107. The number of hydrogen-bond donors (Lipinski definition) is 2. The van der Waals surface area contributed by atoms with Gasteiger partial charge < -0.3 is 10.2 Å². The number of carboxylic acids is 2. The third-order valence-corrected chi connectivity index (χ3v) is 3.17. The van der Waals surface area contributed by atoms with Crippen LogP contribution in [0.25, 0.3) is 0 Å². The Morgan fingerprint density at radius 1 is 0.947 bits per heavy atom. The molecule has 0 fully saturated rings. The quantitative estimate of drug-likeness (QED) is 0.703. The predicted molar refractivity (Wildman–Crippen MR) is 72.8 cm³/mol. The number of rotatable bonds is 8. The zero-order valence-corrected chi connectivity index (χ0v) is 11.2. The molecule has 0 aromatic heterocycles. The van der Waals surface area contributed by atoms with Crippen molar-refractivity contribution in [1.29, 1.82) is 0 Å². The van der Waals surface area contributed by atoms with Crippen LogP contribution in [-0.4, -0.2) is 22.2 Å². The van der Waals surface area contributed by atoms with Gasteiger partial charge in [0.15, 0.2) is 0 Å². The molecule has 0 aliphatic rings. The van der Waals surface area contributed by atoms with Crippen molar-refractivity contribution in [3.8, 4) is 0 Å². The normalized spacial score (nSPS) is 10.4. The van der Waals surface area contributed by atoms with Gasteiger partial charge in [-0.3, -0.25) is 0 Å². The Hall–Kier alpha value is -1.84. The van der Waals surface area contributed by atoms with Crippen molar-refractivity contribution in [3.63, 3.8) is 0 Å². The molecule has 1 aromatic carbocycles. The third-order valence-electron chi connectivity index (χ3n) is 3.17. The van der Waals surface area contributed by atoms with Gasteiger partial charge >= 0.3 is 11.9 Å². The van der Waals surface area contributed by atoms with Gasteiger partial charge in [-0.1, -0.05) is 38.7 Å². The van der Waals surface area contributed by atoms with Crippen LogP contribution < -0.4 is 0 Å². The molecular weight excluding hydrogens is 244 g/mol. The lowest BCUT2D eigenvalue weighted by Gasteiger charge is -2.09. The van der Waals surface area contributed by atoms with E-state index in [-0.39, 0.29) is 11.1 Å². The Morgan fingerprint density at radius 2 is 1.47 bits per heavy atom. The maximum atomic E-state index is 11.1. The van der Waals surface area contributed by atoms with Crippen LogP contribution in [0.1, 0.15) is 65.3 Å². The van der Waals surface area contributed by atoms with Gasteiger partial charge in [0, 0.05) is 0 Å². The van der Waals surface area contributed by atoms with Gasteiger partial charge in [0.05, 0.1) is 11.1 Å². The Bertz CT molecular complexity index is 419. The maximum absolute atomic E-state index is 11.1. The van der Waals surface area contributed by atoms with Gasteiger partial charge in [-0.2, -0.15) is 0 Å². The molecule has 4 nitrogen and oxygen atoms in total. The van der Waals surface area contributed by atoms with Crippen LogP contribution in [0.5, 0.6) is 0 Å². The van der Waals surface area contributed by atoms with Crippen LogP contribution in [-0.2, 0) is 6.42 Å². The van der Waals surface area contributed by atoms with E-state index in [1.807, 2.05) is 0 Å². The minimum Gasteiger partial charge on any atom is -0.478 e. The summed E-state index contributed by atoms with van der Waals surface area (Å²) in [5.74, 6) is -2.13. The molecule has 1 rings (SSSR count). The molecule has 0 spiro atoms. The number of carboxylic acid groups (broad SMARTS) is 2. The van der Waals surface area contributed by atoms with Crippen LogP contribution in [0.3, 0.4) is 0 Å². The molecular formula is C15H20O4. The molecule has 104 valence electrons. The standard InChI is InChI=1S/C15H20O4/c1-2-3-4-5-6-8-11-12(14(16)17)9-7-10-13(11)15(18)19/h7,9-10H,2-6,8H2,1H3,(H,16,17)(H,18,19). The highest BCUT2D eigenvalue weighted by molar-refractivity contribution is 5.96. The zero-order valence-electron chi connectivity index (χ0n) is 11.2. The van der Waals surface area contributed by atoms with Gasteiger partial charge in [0.1, 0.15) is 0 Å². The van der Waals surface area contributed by atoms with E-state index in [9.17, 15) is 9.59 Å². The first-order valence-electron chi connectivity index (χ1n) is 6.66. The average Bonchev–Trinajstić information content (AvgIpc) is 2.38. The second kappa shape index (κ2) is 7.56. The molecule has 0 heterocycles. The van der Waals surface area contributed by atoms with E-state index in [0.717, 1.165) is 32.1 Å². The minimum atomic E-state index is -1.06. The predicted octanol–water partition coefficient (Wildman–Crippen LogP) is 3.60. The first kappa shape index (κ1) is 15.2. The van der Waals surface area contributed by atoms with Crippen LogP contribution in [0.4, 0.5) is 0 Å². The van der Waals surface area contributed by atoms with Crippen LogP contribution in [0, 0.1) is 0 Å². The number of unbranched alkanes of at least 4 members (excludes halogenated alkanes) is 4. The SMILES string of the molecule is CCCCCCCc1c(C(=O)O)cccc1C(=O)O. The molecule has 0 amide bonds. The molecule has 4 heteroatoms. The molecule has 2 N–H and O–H groups in total. The fraction of sp³-hybridized carbons (Fsp3) is 0.467. The van der Waals surface area contributed by atoms with E-state index in [1.54, 1.807) is 0 Å². The summed E-state index contributed by atoms with van der Waals surface area (Å²) >= 11 is 0. The number of carbonyl (C=O) groups is 2. The third kappa shape index (κ3) is 4.39. The van der Waals surface area contributed by atoms with Crippen molar-refractivity contribution in [1.82, 2.24) is 0 Å². The van der Waals surface area contributed by atoms with E-state index in [1.165, 1.54) is 18.2 Å². The number of benzene rings is 1. The van der Waals surface area contributed by atoms with Crippen LogP contribution in [0.15, 0.2) is 18.2 Å². The first-order chi connectivity index (χ1) is 9.07. The summed E-state index contributed by atoms with van der Waals surface area (Å²) in [6, 6.07) is 4.42. The summed E-state index contributed by atoms with van der Waals surface area (Å²) in [6.07, 6.45) is 5.74. The average molecular weight is 264 g/mol. The highest BCUT2D eigenvalue weighted by atomic mass is 16.4. The fourth-order valence-electron chi connectivity index (χ4n) is 2.16. The summed E-state index contributed by atoms with van der Waals surface area (Å²) in [5.41, 5.74) is 0.657. The lowest BCUT2D eigenvalue weighted by molar-refractivity contribution is 0.0695. The monoisotopic (exact) mass is 264 g/mol. The van der Waals surface area contributed by atoms with Crippen molar-refractivity contribution in [2.75, 3.05) is 0 Å². The number of aromatic carboxylic acids is 2. The van der Waals surface area contributed by atoms with Crippen molar-refractivity contribution < 1.29 is 19.8 Å². The molecule has 0 aliphatic carbocycles. The fourth-order valence-corrected chi connectivity index (χ4v) is 2.16. The topological polar surface area (TPSA) is 74.6 Å². The van der Waals surface area contributed by atoms with Gasteiger partial charge in [-0.15, -0.1) is 0 Å². The first-order valence-corrected chi connectivity index (χ1v) is 6.66. The van der Waals surface area contributed by atoms with Crippen LogP contribution >= 0.6 is 0 Å². The molecule has 0 bridgehead atoms. The van der Waals surface area contributed by atoms with Crippen molar-refractivity contribution in [3.05, 3.63) is 34.9 Å². The summed E-state index contributed by atoms with van der Waals surface area (Å²) < 4.78 is 0. The maximum Gasteiger partial charge on any atom is 0.335 e. The molecule has 0 saturated carbocycles. The summed E-state index contributed by atoms with van der Waals surface area (Å²) in [5, 5.41) is 18.2. The zero-order chi connectivity index (χ0) is 14.3. The smallest absolute Gasteiger partial charge is 0.335 e. The van der Waals surface area contributed by atoms with E-state index in [0.29, 0.717) is 12.0 Å². The molecule has 19 heavy (non-hydrogen) atoms. The molecule has 1 aromatic rings. The summed E-state index contributed by atoms with van der Waals surface area (Å²) in [4.78, 5) is 22.3. The van der Waals surface area contributed by atoms with Crippen molar-refractivity contribution >= 4 is 11.9 Å². The molecule has 0 unspecified atom stereocenters.